The van der Waals surface area contributed by atoms with Gasteiger partial charge in [-0.3, -0.25) is 0 Å². The number of fused-ring (bicyclic) bond motifs is 1. The molecule has 0 saturated carbocycles. The van der Waals surface area contributed by atoms with Gasteiger partial charge in [0, 0.05) is 17.1 Å². The molecule has 2 atom stereocenters. The van der Waals surface area contributed by atoms with Crippen LogP contribution in [-0.2, 0) is 6.42 Å². The highest BCUT2D eigenvalue weighted by molar-refractivity contribution is 9.10. The van der Waals surface area contributed by atoms with Gasteiger partial charge in [0.25, 0.3) is 0 Å². The molecular formula is C19H22BrN. The molecule has 21 heavy (non-hydrogen) atoms. The minimum absolute atomic E-state index is 0.396. The lowest BCUT2D eigenvalue weighted by molar-refractivity contribution is 0.473. The summed E-state index contributed by atoms with van der Waals surface area (Å²) in [5.74, 6) is 0.660. The molecule has 0 heterocycles. The lowest BCUT2D eigenvalue weighted by Crippen LogP contribution is -2.26. The van der Waals surface area contributed by atoms with Crippen molar-refractivity contribution < 1.29 is 0 Å². The summed E-state index contributed by atoms with van der Waals surface area (Å²) < 4.78 is 1.14. The molecule has 1 nitrogen and oxygen atoms in total. The molecule has 2 aromatic rings. The van der Waals surface area contributed by atoms with Gasteiger partial charge in [0.15, 0.2) is 0 Å². The zero-order valence-electron chi connectivity index (χ0n) is 12.5. The first kappa shape index (κ1) is 14.8. The first-order chi connectivity index (χ1) is 10.2. The molecule has 1 unspecified atom stereocenters. The van der Waals surface area contributed by atoms with Gasteiger partial charge in [-0.1, -0.05) is 52.3 Å². The zero-order valence-corrected chi connectivity index (χ0v) is 14.1. The highest BCUT2D eigenvalue weighted by Gasteiger charge is 2.20. The maximum absolute atomic E-state index is 3.71. The topological polar surface area (TPSA) is 12.0 Å². The van der Waals surface area contributed by atoms with Crippen LogP contribution in [0.2, 0.25) is 0 Å². The highest BCUT2D eigenvalue weighted by atomic mass is 79.9. The van der Waals surface area contributed by atoms with Crippen LogP contribution in [0.3, 0.4) is 0 Å². The van der Waals surface area contributed by atoms with Crippen molar-refractivity contribution >= 4 is 15.9 Å². The summed E-state index contributed by atoms with van der Waals surface area (Å²) in [4.78, 5) is 0. The second kappa shape index (κ2) is 6.76. The molecule has 110 valence electrons. The number of benzene rings is 2. The zero-order chi connectivity index (χ0) is 14.7. The van der Waals surface area contributed by atoms with Gasteiger partial charge in [-0.2, -0.15) is 0 Å². The average Bonchev–Trinajstić information content (AvgIpc) is 2.53. The van der Waals surface area contributed by atoms with Crippen LogP contribution in [0.5, 0.6) is 0 Å². The minimum atomic E-state index is 0.396. The normalized spacial score (nSPS) is 19.0. The fourth-order valence-corrected chi connectivity index (χ4v) is 3.52. The summed E-state index contributed by atoms with van der Waals surface area (Å²) >= 11 is 3.49. The summed E-state index contributed by atoms with van der Waals surface area (Å²) in [6.07, 6.45) is 3.86. The van der Waals surface area contributed by atoms with E-state index in [0.717, 1.165) is 11.0 Å². The molecule has 0 spiro atoms. The van der Waals surface area contributed by atoms with Gasteiger partial charge < -0.3 is 5.32 Å². The molecular weight excluding hydrogens is 322 g/mol. The Balaban J connectivity index is 1.64. The smallest absolute Gasteiger partial charge is 0.0292 e. The molecule has 1 aliphatic carbocycles. The van der Waals surface area contributed by atoms with Crippen LogP contribution in [0.4, 0.5) is 0 Å². The van der Waals surface area contributed by atoms with Crippen molar-refractivity contribution in [2.24, 2.45) is 0 Å². The fraction of sp³-hybridized carbons (Fsp3) is 0.368. The first-order valence-electron chi connectivity index (χ1n) is 7.80. The van der Waals surface area contributed by atoms with E-state index in [1.54, 1.807) is 11.1 Å². The highest BCUT2D eigenvalue weighted by Crippen LogP contribution is 2.31. The summed E-state index contributed by atoms with van der Waals surface area (Å²) in [5, 5.41) is 3.71. The molecule has 2 aromatic carbocycles. The van der Waals surface area contributed by atoms with Crippen LogP contribution in [0.15, 0.2) is 53.0 Å². The molecule has 0 bridgehead atoms. The Hall–Kier alpha value is -1.12. The Bertz CT molecular complexity index is 591. The molecule has 0 fully saturated rings. The summed E-state index contributed by atoms with van der Waals surface area (Å²) in [7, 11) is 0. The molecule has 0 aliphatic heterocycles. The van der Waals surface area contributed by atoms with E-state index in [4.69, 9.17) is 0 Å². The van der Waals surface area contributed by atoms with Crippen LogP contribution >= 0.6 is 15.9 Å². The second-order valence-electron chi connectivity index (χ2n) is 5.97. The third-order valence-electron chi connectivity index (χ3n) is 4.53. The Morgan fingerprint density at radius 3 is 2.71 bits per heavy atom. The SMILES string of the molecule is C[C@H](NCC1CCCc2ccccc21)c1ccc(Br)cc1. The van der Waals surface area contributed by atoms with E-state index >= 15 is 0 Å². The van der Waals surface area contributed by atoms with Gasteiger partial charge in [0.05, 0.1) is 0 Å². The van der Waals surface area contributed by atoms with Gasteiger partial charge in [0.1, 0.15) is 0 Å². The summed E-state index contributed by atoms with van der Waals surface area (Å²) in [6.45, 7) is 3.31. The van der Waals surface area contributed by atoms with E-state index < -0.39 is 0 Å². The molecule has 0 aromatic heterocycles. The maximum Gasteiger partial charge on any atom is 0.0292 e. The van der Waals surface area contributed by atoms with Gasteiger partial charge in [0.2, 0.25) is 0 Å². The number of hydrogen-bond donors (Lipinski definition) is 1. The Labute approximate surface area is 135 Å². The molecule has 3 rings (SSSR count). The van der Waals surface area contributed by atoms with E-state index in [-0.39, 0.29) is 0 Å². The van der Waals surface area contributed by atoms with E-state index in [0.29, 0.717) is 12.0 Å². The first-order valence-corrected chi connectivity index (χ1v) is 8.60. The van der Waals surface area contributed by atoms with Crippen molar-refractivity contribution in [3.8, 4) is 0 Å². The van der Waals surface area contributed by atoms with Gasteiger partial charge in [-0.05, 0) is 60.9 Å². The van der Waals surface area contributed by atoms with Crippen LogP contribution in [0, 0.1) is 0 Å². The van der Waals surface area contributed by atoms with Crippen LogP contribution in [-0.4, -0.2) is 6.54 Å². The molecule has 1 aliphatic rings. The number of nitrogens with one attached hydrogen (secondary N) is 1. The lowest BCUT2D eigenvalue weighted by Gasteiger charge is -2.27. The van der Waals surface area contributed by atoms with Crippen molar-refractivity contribution in [1.29, 1.82) is 0 Å². The summed E-state index contributed by atoms with van der Waals surface area (Å²) in [5.41, 5.74) is 4.45. The average molecular weight is 344 g/mol. The van der Waals surface area contributed by atoms with Crippen molar-refractivity contribution in [2.45, 2.75) is 38.1 Å². The largest absolute Gasteiger partial charge is 0.310 e. The van der Waals surface area contributed by atoms with Crippen molar-refractivity contribution in [2.75, 3.05) is 6.54 Å². The maximum atomic E-state index is 3.71. The monoisotopic (exact) mass is 343 g/mol. The number of hydrogen-bond acceptors (Lipinski definition) is 1. The Morgan fingerprint density at radius 1 is 1.14 bits per heavy atom. The minimum Gasteiger partial charge on any atom is -0.310 e. The Kier molecular flexibility index (Phi) is 4.77. The van der Waals surface area contributed by atoms with Gasteiger partial charge in [-0.15, -0.1) is 0 Å². The second-order valence-corrected chi connectivity index (χ2v) is 6.89. The number of rotatable bonds is 4. The number of aryl methyl sites for hydroxylation is 1. The van der Waals surface area contributed by atoms with E-state index in [1.165, 1.54) is 24.8 Å². The molecule has 0 amide bonds. The van der Waals surface area contributed by atoms with E-state index in [9.17, 15) is 0 Å². The molecule has 0 saturated heterocycles. The van der Waals surface area contributed by atoms with E-state index in [1.807, 2.05) is 0 Å². The molecule has 2 heteroatoms. The Morgan fingerprint density at radius 2 is 1.90 bits per heavy atom. The third kappa shape index (κ3) is 3.56. The van der Waals surface area contributed by atoms with Crippen molar-refractivity contribution in [3.63, 3.8) is 0 Å². The van der Waals surface area contributed by atoms with Crippen molar-refractivity contribution in [3.05, 3.63) is 69.7 Å². The standard InChI is InChI=1S/C19H22BrN/c1-14(15-9-11-18(20)12-10-15)21-13-17-7-4-6-16-5-2-3-8-19(16)17/h2-3,5,8-12,14,17,21H,4,6-7,13H2,1H3/t14-,17?/m0/s1. The molecule has 1 N–H and O–H groups in total. The van der Waals surface area contributed by atoms with Crippen LogP contribution < -0.4 is 5.32 Å². The third-order valence-corrected chi connectivity index (χ3v) is 5.06. The fourth-order valence-electron chi connectivity index (χ4n) is 3.25. The van der Waals surface area contributed by atoms with Crippen LogP contribution in [0.1, 0.15) is 48.4 Å². The van der Waals surface area contributed by atoms with Crippen molar-refractivity contribution in [1.82, 2.24) is 5.32 Å². The van der Waals surface area contributed by atoms with Crippen LogP contribution in [0.25, 0.3) is 0 Å². The summed E-state index contributed by atoms with van der Waals surface area (Å²) in [6, 6.07) is 18.0. The van der Waals surface area contributed by atoms with Gasteiger partial charge >= 0.3 is 0 Å². The number of halogens is 1. The van der Waals surface area contributed by atoms with E-state index in [2.05, 4.69) is 76.7 Å². The quantitative estimate of drug-likeness (QED) is 0.802. The lowest BCUT2D eigenvalue weighted by atomic mass is 9.82. The predicted octanol–water partition coefficient (Wildman–Crippen LogP) is 5.22. The molecule has 0 radical (unpaired) electrons. The van der Waals surface area contributed by atoms with Gasteiger partial charge in [-0.25, -0.2) is 0 Å². The predicted molar refractivity (Wildman–Crippen MR) is 92.7 cm³/mol.